The van der Waals surface area contributed by atoms with Crippen LogP contribution in [0.5, 0.6) is 17.2 Å². The van der Waals surface area contributed by atoms with Crippen molar-refractivity contribution in [1.82, 2.24) is 10.3 Å². The molecule has 1 amide bonds. The van der Waals surface area contributed by atoms with E-state index in [0.717, 1.165) is 16.3 Å². The molecule has 0 fully saturated rings. The van der Waals surface area contributed by atoms with E-state index in [9.17, 15) is 4.79 Å². The number of carbonyl (C=O) groups excluding carboxylic acids is 1. The van der Waals surface area contributed by atoms with Crippen LogP contribution < -0.4 is 19.5 Å². The monoisotopic (exact) mass is 396 g/mol. The quantitative estimate of drug-likeness (QED) is 0.660. The summed E-state index contributed by atoms with van der Waals surface area (Å²) in [4.78, 5) is 16.9. The number of rotatable bonds is 7. The van der Waals surface area contributed by atoms with Gasteiger partial charge in [-0.15, -0.1) is 11.3 Å². The summed E-state index contributed by atoms with van der Waals surface area (Å²) in [6, 6.07) is 15.3. The van der Waals surface area contributed by atoms with Crippen LogP contribution in [-0.4, -0.2) is 30.3 Å². The molecular formula is C21H20N2O4S. The molecule has 0 bridgehead atoms. The highest BCUT2D eigenvalue weighted by Gasteiger charge is 2.18. The Bertz CT molecular complexity index is 958. The molecule has 0 saturated carbocycles. The van der Waals surface area contributed by atoms with Crippen molar-refractivity contribution in [3.05, 3.63) is 58.9 Å². The number of thiazole rings is 1. The Morgan fingerprint density at radius 2 is 2.04 bits per heavy atom. The summed E-state index contributed by atoms with van der Waals surface area (Å²) in [5, 5.41) is 5.93. The van der Waals surface area contributed by atoms with Gasteiger partial charge in [-0.25, -0.2) is 4.98 Å². The first-order valence-electron chi connectivity index (χ1n) is 9.03. The molecule has 0 unspecified atom stereocenters. The third-order valence-electron chi connectivity index (χ3n) is 4.29. The Hall–Kier alpha value is -3.06. The number of aromatic nitrogens is 1. The molecule has 3 aromatic rings. The molecule has 1 atom stereocenters. The summed E-state index contributed by atoms with van der Waals surface area (Å²) in [6.45, 7) is 2.43. The van der Waals surface area contributed by atoms with Crippen molar-refractivity contribution in [2.75, 3.05) is 13.3 Å². The largest absolute Gasteiger partial charge is 0.481 e. The molecule has 7 heteroatoms. The van der Waals surface area contributed by atoms with Gasteiger partial charge in [0.15, 0.2) is 17.6 Å². The molecule has 2 aromatic carbocycles. The van der Waals surface area contributed by atoms with Gasteiger partial charge in [-0.3, -0.25) is 4.79 Å². The predicted molar refractivity (Wildman–Crippen MR) is 107 cm³/mol. The molecule has 2 heterocycles. The Morgan fingerprint density at radius 3 is 2.89 bits per heavy atom. The lowest BCUT2D eigenvalue weighted by atomic mass is 10.2. The molecule has 1 N–H and O–H groups in total. The lowest BCUT2D eigenvalue weighted by molar-refractivity contribution is -0.127. The molecule has 1 aromatic heterocycles. The SMILES string of the molecule is C[C@H](Oc1ccc2c(c1)OCO2)C(=O)NCCc1nc(-c2ccccc2)cs1. The first kappa shape index (κ1) is 18.3. The smallest absolute Gasteiger partial charge is 0.260 e. The van der Waals surface area contributed by atoms with E-state index in [2.05, 4.69) is 10.3 Å². The fraction of sp³-hybridized carbons (Fsp3) is 0.238. The van der Waals surface area contributed by atoms with E-state index in [1.807, 2.05) is 35.7 Å². The Balaban J connectivity index is 1.26. The first-order valence-corrected chi connectivity index (χ1v) is 9.91. The average molecular weight is 396 g/mol. The first-order chi connectivity index (χ1) is 13.7. The number of benzene rings is 2. The van der Waals surface area contributed by atoms with E-state index >= 15 is 0 Å². The highest BCUT2D eigenvalue weighted by molar-refractivity contribution is 7.09. The highest BCUT2D eigenvalue weighted by atomic mass is 32.1. The standard InChI is InChI=1S/C21H20N2O4S/c1-14(27-16-7-8-18-19(11-16)26-13-25-18)21(24)22-10-9-20-23-17(12-28-20)15-5-3-2-4-6-15/h2-8,11-12,14H,9-10,13H2,1H3,(H,22,24)/t14-/m0/s1. The number of hydrogen-bond acceptors (Lipinski definition) is 6. The van der Waals surface area contributed by atoms with Crippen LogP contribution in [0.25, 0.3) is 11.3 Å². The summed E-state index contributed by atoms with van der Waals surface area (Å²) in [5.41, 5.74) is 2.06. The second-order valence-electron chi connectivity index (χ2n) is 6.31. The molecule has 0 spiro atoms. The molecular weight excluding hydrogens is 376 g/mol. The van der Waals surface area contributed by atoms with Crippen LogP contribution in [0.15, 0.2) is 53.9 Å². The zero-order chi connectivity index (χ0) is 19.3. The lowest BCUT2D eigenvalue weighted by Gasteiger charge is -2.14. The fourth-order valence-electron chi connectivity index (χ4n) is 2.81. The number of carbonyl (C=O) groups is 1. The minimum atomic E-state index is -0.614. The van der Waals surface area contributed by atoms with E-state index in [0.29, 0.717) is 30.2 Å². The summed E-state index contributed by atoms with van der Waals surface area (Å²) >= 11 is 1.60. The second-order valence-corrected chi connectivity index (χ2v) is 7.25. The van der Waals surface area contributed by atoms with Crippen molar-refractivity contribution < 1.29 is 19.0 Å². The maximum Gasteiger partial charge on any atom is 0.260 e. The van der Waals surface area contributed by atoms with Gasteiger partial charge in [0.1, 0.15) is 5.75 Å². The Kier molecular flexibility index (Phi) is 5.43. The zero-order valence-electron chi connectivity index (χ0n) is 15.4. The Morgan fingerprint density at radius 1 is 1.21 bits per heavy atom. The second kappa shape index (κ2) is 8.31. The Labute approximate surface area is 167 Å². The fourth-order valence-corrected chi connectivity index (χ4v) is 3.62. The van der Waals surface area contributed by atoms with Crippen molar-refractivity contribution >= 4 is 17.2 Å². The summed E-state index contributed by atoms with van der Waals surface area (Å²) in [7, 11) is 0. The zero-order valence-corrected chi connectivity index (χ0v) is 16.2. The molecule has 1 aliphatic heterocycles. The summed E-state index contributed by atoms with van der Waals surface area (Å²) in [6.07, 6.45) is 0.0662. The van der Waals surface area contributed by atoms with E-state index in [-0.39, 0.29) is 12.7 Å². The third kappa shape index (κ3) is 4.26. The van der Waals surface area contributed by atoms with Crippen LogP contribution in [0.4, 0.5) is 0 Å². The van der Waals surface area contributed by atoms with Crippen molar-refractivity contribution in [2.24, 2.45) is 0 Å². The minimum Gasteiger partial charge on any atom is -0.481 e. The molecule has 144 valence electrons. The molecule has 0 aliphatic carbocycles. The van der Waals surface area contributed by atoms with Gasteiger partial charge in [-0.1, -0.05) is 30.3 Å². The van der Waals surface area contributed by atoms with Gasteiger partial charge in [-0.2, -0.15) is 0 Å². The van der Waals surface area contributed by atoms with Gasteiger partial charge >= 0.3 is 0 Å². The van der Waals surface area contributed by atoms with Crippen LogP contribution >= 0.6 is 11.3 Å². The summed E-state index contributed by atoms with van der Waals surface area (Å²) < 4.78 is 16.3. The van der Waals surface area contributed by atoms with Crippen molar-refractivity contribution in [3.8, 4) is 28.5 Å². The number of nitrogens with one attached hydrogen (secondary N) is 1. The van der Waals surface area contributed by atoms with Crippen molar-refractivity contribution in [2.45, 2.75) is 19.4 Å². The van der Waals surface area contributed by atoms with E-state index < -0.39 is 6.10 Å². The van der Waals surface area contributed by atoms with Crippen molar-refractivity contribution in [3.63, 3.8) is 0 Å². The molecule has 4 rings (SSSR count). The maximum absolute atomic E-state index is 12.3. The van der Waals surface area contributed by atoms with E-state index in [1.54, 1.807) is 36.5 Å². The van der Waals surface area contributed by atoms with Crippen LogP contribution in [0.3, 0.4) is 0 Å². The molecule has 28 heavy (non-hydrogen) atoms. The predicted octanol–water partition coefficient (Wildman–Crippen LogP) is 3.67. The van der Waals surface area contributed by atoms with Gasteiger partial charge in [0, 0.05) is 30.0 Å². The van der Waals surface area contributed by atoms with E-state index in [4.69, 9.17) is 14.2 Å². The molecule has 0 radical (unpaired) electrons. The van der Waals surface area contributed by atoms with Gasteiger partial charge in [0.2, 0.25) is 6.79 Å². The number of hydrogen-bond donors (Lipinski definition) is 1. The number of ether oxygens (including phenoxy) is 3. The van der Waals surface area contributed by atoms with Crippen LogP contribution in [-0.2, 0) is 11.2 Å². The maximum atomic E-state index is 12.3. The number of nitrogens with zero attached hydrogens (tertiary/aromatic N) is 1. The minimum absolute atomic E-state index is 0.169. The number of fused-ring (bicyclic) bond motifs is 1. The van der Waals surface area contributed by atoms with Crippen LogP contribution in [0.2, 0.25) is 0 Å². The normalized spacial score (nSPS) is 13.2. The summed E-state index contributed by atoms with van der Waals surface area (Å²) in [5.74, 6) is 1.71. The third-order valence-corrected chi connectivity index (χ3v) is 5.19. The van der Waals surface area contributed by atoms with Crippen LogP contribution in [0.1, 0.15) is 11.9 Å². The van der Waals surface area contributed by atoms with Crippen LogP contribution in [0, 0.1) is 0 Å². The highest BCUT2D eigenvalue weighted by Crippen LogP contribution is 2.35. The molecule has 6 nitrogen and oxygen atoms in total. The van der Waals surface area contributed by atoms with Gasteiger partial charge in [0.05, 0.1) is 10.7 Å². The van der Waals surface area contributed by atoms with E-state index in [1.165, 1.54) is 0 Å². The van der Waals surface area contributed by atoms with Crippen molar-refractivity contribution in [1.29, 1.82) is 0 Å². The molecule has 0 saturated heterocycles. The molecule has 1 aliphatic rings. The number of amides is 1. The topological polar surface area (TPSA) is 69.7 Å². The lowest BCUT2D eigenvalue weighted by Crippen LogP contribution is -2.37. The van der Waals surface area contributed by atoms with Gasteiger partial charge < -0.3 is 19.5 Å². The van der Waals surface area contributed by atoms with Gasteiger partial charge in [-0.05, 0) is 19.1 Å². The average Bonchev–Trinajstić information content (AvgIpc) is 3.37. The van der Waals surface area contributed by atoms with Gasteiger partial charge in [0.25, 0.3) is 5.91 Å².